The van der Waals surface area contributed by atoms with Crippen molar-refractivity contribution in [1.29, 1.82) is 0 Å². The summed E-state index contributed by atoms with van der Waals surface area (Å²) in [6, 6.07) is 0. The topological polar surface area (TPSA) is 75.6 Å². The standard InChI is InChI=1S/C12H21NO4/c1-9(4-5-11(14)15)6-7-13-12(16)10-3-2-8-17-10/h9-10H,2-8H2,1H3,(H,13,16)(H,14,15). The van der Waals surface area contributed by atoms with Gasteiger partial charge < -0.3 is 15.2 Å². The highest BCUT2D eigenvalue weighted by molar-refractivity contribution is 5.80. The largest absolute Gasteiger partial charge is 0.481 e. The second-order valence-electron chi connectivity index (χ2n) is 4.62. The maximum Gasteiger partial charge on any atom is 0.303 e. The van der Waals surface area contributed by atoms with Crippen LogP contribution in [0.5, 0.6) is 0 Å². The van der Waals surface area contributed by atoms with Crippen molar-refractivity contribution >= 4 is 11.9 Å². The molecule has 2 N–H and O–H groups in total. The zero-order chi connectivity index (χ0) is 12.7. The number of carbonyl (C=O) groups excluding carboxylic acids is 1. The Balaban J connectivity index is 2.06. The summed E-state index contributed by atoms with van der Waals surface area (Å²) >= 11 is 0. The molecule has 0 saturated carbocycles. The van der Waals surface area contributed by atoms with E-state index in [1.807, 2.05) is 6.92 Å². The first kappa shape index (κ1) is 14.0. The highest BCUT2D eigenvalue weighted by atomic mass is 16.5. The summed E-state index contributed by atoms with van der Waals surface area (Å²) in [7, 11) is 0. The lowest BCUT2D eigenvalue weighted by molar-refractivity contribution is -0.137. The number of hydrogen-bond donors (Lipinski definition) is 2. The number of rotatable bonds is 7. The smallest absolute Gasteiger partial charge is 0.303 e. The Labute approximate surface area is 102 Å². The average Bonchev–Trinajstić information content (AvgIpc) is 2.79. The summed E-state index contributed by atoms with van der Waals surface area (Å²) in [5.74, 6) is -0.482. The normalized spacial score (nSPS) is 21.1. The zero-order valence-corrected chi connectivity index (χ0v) is 10.3. The molecule has 0 aliphatic carbocycles. The molecule has 1 aliphatic heterocycles. The third-order valence-electron chi connectivity index (χ3n) is 3.01. The van der Waals surface area contributed by atoms with Crippen LogP contribution >= 0.6 is 0 Å². The van der Waals surface area contributed by atoms with Gasteiger partial charge >= 0.3 is 5.97 Å². The lowest BCUT2D eigenvalue weighted by Gasteiger charge is -2.13. The van der Waals surface area contributed by atoms with Crippen molar-refractivity contribution in [2.45, 2.75) is 45.1 Å². The van der Waals surface area contributed by atoms with E-state index in [2.05, 4.69) is 5.32 Å². The quantitative estimate of drug-likeness (QED) is 0.704. The van der Waals surface area contributed by atoms with Crippen LogP contribution in [0.15, 0.2) is 0 Å². The molecular weight excluding hydrogens is 222 g/mol. The molecule has 2 unspecified atom stereocenters. The minimum atomic E-state index is -0.764. The van der Waals surface area contributed by atoms with Crippen LogP contribution in [0.4, 0.5) is 0 Å². The number of aliphatic carboxylic acids is 1. The predicted molar refractivity (Wildman–Crippen MR) is 62.6 cm³/mol. The molecule has 98 valence electrons. The first-order chi connectivity index (χ1) is 8.09. The molecule has 1 amide bonds. The van der Waals surface area contributed by atoms with E-state index in [0.29, 0.717) is 25.5 Å². The van der Waals surface area contributed by atoms with Crippen LogP contribution < -0.4 is 5.32 Å². The van der Waals surface area contributed by atoms with E-state index >= 15 is 0 Å². The number of carboxylic acid groups (broad SMARTS) is 1. The van der Waals surface area contributed by atoms with Gasteiger partial charge in [0.25, 0.3) is 0 Å². The summed E-state index contributed by atoms with van der Waals surface area (Å²) < 4.78 is 5.26. The molecule has 1 rings (SSSR count). The average molecular weight is 243 g/mol. The van der Waals surface area contributed by atoms with E-state index in [-0.39, 0.29) is 18.4 Å². The predicted octanol–water partition coefficient (Wildman–Crippen LogP) is 1.17. The first-order valence-electron chi connectivity index (χ1n) is 6.20. The van der Waals surface area contributed by atoms with Gasteiger partial charge in [-0.2, -0.15) is 0 Å². The van der Waals surface area contributed by atoms with Crippen molar-refractivity contribution in [3.8, 4) is 0 Å². The van der Waals surface area contributed by atoms with Crippen LogP contribution in [0.1, 0.15) is 39.0 Å². The fraction of sp³-hybridized carbons (Fsp3) is 0.833. The van der Waals surface area contributed by atoms with E-state index in [4.69, 9.17) is 9.84 Å². The second-order valence-corrected chi connectivity index (χ2v) is 4.62. The fourth-order valence-corrected chi connectivity index (χ4v) is 1.85. The molecule has 0 spiro atoms. The molecule has 5 nitrogen and oxygen atoms in total. The maximum absolute atomic E-state index is 11.6. The molecule has 17 heavy (non-hydrogen) atoms. The van der Waals surface area contributed by atoms with Crippen LogP contribution in [0.25, 0.3) is 0 Å². The van der Waals surface area contributed by atoms with Gasteiger partial charge in [0.1, 0.15) is 6.10 Å². The van der Waals surface area contributed by atoms with Crippen LogP contribution in [0.2, 0.25) is 0 Å². The summed E-state index contributed by atoms with van der Waals surface area (Å²) in [5, 5.41) is 11.4. The molecule has 0 aromatic rings. The van der Waals surface area contributed by atoms with Crippen LogP contribution in [0, 0.1) is 5.92 Å². The van der Waals surface area contributed by atoms with Crippen molar-refractivity contribution in [2.24, 2.45) is 5.92 Å². The van der Waals surface area contributed by atoms with Crippen molar-refractivity contribution < 1.29 is 19.4 Å². The highest BCUT2D eigenvalue weighted by Gasteiger charge is 2.22. The number of hydrogen-bond acceptors (Lipinski definition) is 3. The lowest BCUT2D eigenvalue weighted by Crippen LogP contribution is -2.35. The summed E-state index contributed by atoms with van der Waals surface area (Å²) in [4.78, 5) is 21.9. The molecule has 1 fully saturated rings. The molecule has 2 atom stereocenters. The van der Waals surface area contributed by atoms with Gasteiger partial charge in [0, 0.05) is 19.6 Å². The lowest BCUT2D eigenvalue weighted by atomic mass is 10.0. The Morgan fingerprint density at radius 1 is 1.47 bits per heavy atom. The zero-order valence-electron chi connectivity index (χ0n) is 10.3. The minimum absolute atomic E-state index is 0.0343. The molecule has 5 heteroatoms. The molecule has 0 radical (unpaired) electrons. The molecule has 1 saturated heterocycles. The molecule has 0 aromatic heterocycles. The van der Waals surface area contributed by atoms with E-state index in [1.54, 1.807) is 0 Å². The molecule has 1 aliphatic rings. The van der Waals surface area contributed by atoms with Gasteiger partial charge in [-0.25, -0.2) is 0 Å². The Morgan fingerprint density at radius 3 is 2.82 bits per heavy atom. The highest BCUT2D eigenvalue weighted by Crippen LogP contribution is 2.12. The van der Waals surface area contributed by atoms with Gasteiger partial charge in [-0.1, -0.05) is 6.92 Å². The molecule has 0 bridgehead atoms. The Bertz CT molecular complexity index is 261. The number of nitrogens with one attached hydrogen (secondary N) is 1. The van der Waals surface area contributed by atoms with E-state index < -0.39 is 5.97 Å². The molecule has 1 heterocycles. The van der Waals surface area contributed by atoms with Gasteiger partial charge in [-0.3, -0.25) is 9.59 Å². The number of carboxylic acids is 1. The van der Waals surface area contributed by atoms with Gasteiger partial charge in [0.2, 0.25) is 5.91 Å². The monoisotopic (exact) mass is 243 g/mol. The van der Waals surface area contributed by atoms with Crippen LogP contribution in [0.3, 0.4) is 0 Å². The van der Waals surface area contributed by atoms with Crippen molar-refractivity contribution in [3.05, 3.63) is 0 Å². The third kappa shape index (κ3) is 5.68. The van der Waals surface area contributed by atoms with Gasteiger partial charge in [0.15, 0.2) is 0 Å². The van der Waals surface area contributed by atoms with Crippen molar-refractivity contribution in [2.75, 3.05) is 13.2 Å². The number of ether oxygens (including phenoxy) is 1. The van der Waals surface area contributed by atoms with E-state index in [0.717, 1.165) is 19.3 Å². The Morgan fingerprint density at radius 2 is 2.24 bits per heavy atom. The van der Waals surface area contributed by atoms with Gasteiger partial charge in [0.05, 0.1) is 0 Å². The number of carbonyl (C=O) groups is 2. The fourth-order valence-electron chi connectivity index (χ4n) is 1.85. The van der Waals surface area contributed by atoms with Crippen LogP contribution in [-0.2, 0) is 14.3 Å². The van der Waals surface area contributed by atoms with Gasteiger partial charge in [-0.15, -0.1) is 0 Å². The van der Waals surface area contributed by atoms with E-state index in [1.165, 1.54) is 0 Å². The number of amides is 1. The van der Waals surface area contributed by atoms with Crippen molar-refractivity contribution in [3.63, 3.8) is 0 Å². The maximum atomic E-state index is 11.6. The first-order valence-corrected chi connectivity index (χ1v) is 6.20. The molecular formula is C12H21NO4. The second kappa shape index (κ2) is 7.27. The Kier molecular flexibility index (Phi) is 5.97. The summed E-state index contributed by atoms with van der Waals surface area (Å²) in [6.45, 7) is 3.27. The van der Waals surface area contributed by atoms with Crippen LogP contribution in [-0.4, -0.2) is 36.2 Å². The molecule has 0 aromatic carbocycles. The van der Waals surface area contributed by atoms with Crippen molar-refractivity contribution in [1.82, 2.24) is 5.32 Å². The summed E-state index contributed by atoms with van der Waals surface area (Å²) in [5.41, 5.74) is 0. The third-order valence-corrected chi connectivity index (χ3v) is 3.01. The summed E-state index contributed by atoms with van der Waals surface area (Å²) in [6.07, 6.45) is 3.15. The minimum Gasteiger partial charge on any atom is -0.481 e. The van der Waals surface area contributed by atoms with Gasteiger partial charge in [-0.05, 0) is 31.6 Å². The SMILES string of the molecule is CC(CCNC(=O)C1CCCO1)CCC(=O)O. The Hall–Kier alpha value is -1.10. The van der Waals surface area contributed by atoms with E-state index in [9.17, 15) is 9.59 Å².